The second-order valence-corrected chi connectivity index (χ2v) is 8.28. The van der Waals surface area contributed by atoms with Crippen molar-refractivity contribution in [3.63, 3.8) is 0 Å². The summed E-state index contributed by atoms with van der Waals surface area (Å²) in [5.74, 6) is -2.19. The van der Waals surface area contributed by atoms with Crippen LogP contribution in [0.15, 0.2) is 30.5 Å². The van der Waals surface area contributed by atoms with E-state index in [2.05, 4.69) is 4.98 Å². The SMILES string of the molecule is CC(C)(C)OC(=O)c1c2n(c3ncccc13)-c1cc(F)cc(F)c1OC2(C)C. The Hall–Kier alpha value is -2.96. The molecule has 4 rings (SSSR count). The Morgan fingerprint density at radius 1 is 1.25 bits per heavy atom. The molecule has 28 heavy (non-hydrogen) atoms. The number of aromatic nitrogens is 2. The van der Waals surface area contributed by atoms with Crippen LogP contribution in [0.25, 0.3) is 16.7 Å². The molecule has 5 nitrogen and oxygen atoms in total. The van der Waals surface area contributed by atoms with Crippen LogP contribution < -0.4 is 4.74 Å². The third-order valence-electron chi connectivity index (χ3n) is 4.49. The summed E-state index contributed by atoms with van der Waals surface area (Å²) in [7, 11) is 0. The Balaban J connectivity index is 2.12. The predicted octanol–water partition coefficient (Wildman–Crippen LogP) is 4.89. The number of pyridine rings is 1. The zero-order valence-corrected chi connectivity index (χ0v) is 16.3. The summed E-state index contributed by atoms with van der Waals surface area (Å²) in [6.45, 7) is 8.76. The van der Waals surface area contributed by atoms with Gasteiger partial charge in [0.25, 0.3) is 0 Å². The molecule has 146 valence electrons. The van der Waals surface area contributed by atoms with Crippen LogP contribution >= 0.6 is 0 Å². The quantitative estimate of drug-likeness (QED) is 0.559. The Morgan fingerprint density at radius 2 is 1.96 bits per heavy atom. The number of hydrogen-bond donors (Lipinski definition) is 0. The van der Waals surface area contributed by atoms with Crippen molar-refractivity contribution < 1.29 is 23.0 Å². The molecule has 0 saturated carbocycles. The average molecular weight is 386 g/mol. The number of esters is 1. The lowest BCUT2D eigenvalue weighted by atomic mass is 9.97. The normalized spacial score (nSPS) is 15.0. The lowest BCUT2D eigenvalue weighted by molar-refractivity contribution is 0.00581. The predicted molar refractivity (Wildman–Crippen MR) is 99.8 cm³/mol. The zero-order chi connectivity index (χ0) is 20.4. The maximum Gasteiger partial charge on any atom is 0.341 e. The summed E-state index contributed by atoms with van der Waals surface area (Å²) >= 11 is 0. The molecule has 2 aromatic heterocycles. The Kier molecular flexibility index (Phi) is 3.79. The summed E-state index contributed by atoms with van der Waals surface area (Å²) in [5, 5.41) is 0.529. The number of hydrogen-bond acceptors (Lipinski definition) is 4. The van der Waals surface area contributed by atoms with Crippen LogP contribution in [-0.4, -0.2) is 21.1 Å². The maximum atomic E-state index is 14.5. The van der Waals surface area contributed by atoms with Crippen molar-refractivity contribution in [3.8, 4) is 11.4 Å². The highest BCUT2D eigenvalue weighted by atomic mass is 19.1. The van der Waals surface area contributed by atoms with E-state index in [4.69, 9.17) is 9.47 Å². The van der Waals surface area contributed by atoms with Gasteiger partial charge >= 0.3 is 5.97 Å². The molecule has 0 spiro atoms. The first-order valence-corrected chi connectivity index (χ1v) is 8.91. The maximum absolute atomic E-state index is 14.5. The minimum absolute atomic E-state index is 0.0859. The minimum atomic E-state index is -1.08. The fourth-order valence-corrected chi connectivity index (χ4v) is 3.57. The Morgan fingerprint density at radius 3 is 2.64 bits per heavy atom. The highest BCUT2D eigenvalue weighted by Gasteiger charge is 2.42. The van der Waals surface area contributed by atoms with Gasteiger partial charge in [-0.05, 0) is 46.8 Å². The van der Waals surface area contributed by atoms with Gasteiger partial charge in [-0.3, -0.25) is 4.57 Å². The van der Waals surface area contributed by atoms with Crippen LogP contribution in [0.4, 0.5) is 8.78 Å². The van der Waals surface area contributed by atoms with E-state index in [0.29, 0.717) is 16.7 Å². The molecule has 0 N–H and O–H groups in total. The van der Waals surface area contributed by atoms with E-state index in [1.54, 1.807) is 57.5 Å². The molecule has 7 heteroatoms. The molecule has 3 heterocycles. The molecule has 1 aromatic carbocycles. The lowest BCUT2D eigenvalue weighted by Crippen LogP contribution is -2.35. The van der Waals surface area contributed by atoms with Crippen molar-refractivity contribution in [1.29, 1.82) is 0 Å². The van der Waals surface area contributed by atoms with Gasteiger partial charge in [-0.15, -0.1) is 0 Å². The highest BCUT2D eigenvalue weighted by Crippen LogP contribution is 2.46. The van der Waals surface area contributed by atoms with Gasteiger partial charge in [-0.1, -0.05) is 0 Å². The van der Waals surface area contributed by atoms with Gasteiger partial charge in [0.15, 0.2) is 11.6 Å². The van der Waals surface area contributed by atoms with Crippen molar-refractivity contribution in [3.05, 3.63) is 53.4 Å². The van der Waals surface area contributed by atoms with Gasteiger partial charge in [0.1, 0.15) is 22.7 Å². The van der Waals surface area contributed by atoms with E-state index in [9.17, 15) is 13.6 Å². The van der Waals surface area contributed by atoms with Gasteiger partial charge in [0.2, 0.25) is 0 Å². The fourth-order valence-electron chi connectivity index (χ4n) is 3.57. The van der Waals surface area contributed by atoms with E-state index in [0.717, 1.165) is 6.07 Å². The van der Waals surface area contributed by atoms with Crippen molar-refractivity contribution in [2.24, 2.45) is 0 Å². The molecule has 0 fully saturated rings. The molecule has 1 aliphatic heterocycles. The number of halogens is 2. The van der Waals surface area contributed by atoms with Crippen LogP contribution in [0, 0.1) is 11.6 Å². The topological polar surface area (TPSA) is 53.4 Å². The van der Waals surface area contributed by atoms with E-state index in [1.807, 2.05) is 0 Å². The Labute approximate surface area is 160 Å². The summed E-state index contributed by atoms with van der Waals surface area (Å²) in [6.07, 6.45) is 1.56. The van der Waals surface area contributed by atoms with E-state index in [1.165, 1.54) is 6.07 Å². The van der Waals surface area contributed by atoms with Crippen molar-refractivity contribution in [2.45, 2.75) is 45.8 Å². The lowest BCUT2D eigenvalue weighted by Gasteiger charge is -2.35. The molecule has 0 amide bonds. The van der Waals surface area contributed by atoms with Crippen molar-refractivity contribution in [1.82, 2.24) is 9.55 Å². The molecule has 3 aromatic rings. The molecule has 0 atom stereocenters. The molecular formula is C21H20F2N2O3. The summed E-state index contributed by atoms with van der Waals surface area (Å²) in [5.41, 5.74) is -0.521. The summed E-state index contributed by atoms with van der Waals surface area (Å²) in [6, 6.07) is 5.37. The molecule has 0 unspecified atom stereocenters. The van der Waals surface area contributed by atoms with Gasteiger partial charge in [0.05, 0.1) is 16.9 Å². The Bertz CT molecular complexity index is 1130. The standard InChI is InChI=1S/C21H20F2N2O3/c1-20(2,3)28-19(26)15-12-7-6-8-24-18(12)25-14-10-11(22)9-13(23)16(14)27-21(4,5)17(15)25/h6-10H,1-5H3. The van der Waals surface area contributed by atoms with E-state index >= 15 is 0 Å². The van der Waals surface area contributed by atoms with Gasteiger partial charge in [0, 0.05) is 23.7 Å². The first-order valence-electron chi connectivity index (χ1n) is 8.91. The number of carbonyl (C=O) groups is 1. The molecule has 0 aliphatic carbocycles. The number of rotatable bonds is 1. The fraction of sp³-hybridized carbons (Fsp3) is 0.333. The third-order valence-corrected chi connectivity index (χ3v) is 4.49. The highest BCUT2D eigenvalue weighted by molar-refractivity contribution is 6.06. The van der Waals surface area contributed by atoms with E-state index < -0.39 is 28.8 Å². The number of nitrogens with zero attached hydrogens (tertiary/aromatic N) is 2. The van der Waals surface area contributed by atoms with E-state index in [-0.39, 0.29) is 17.0 Å². The smallest absolute Gasteiger partial charge is 0.341 e. The van der Waals surface area contributed by atoms with Crippen LogP contribution in [0.2, 0.25) is 0 Å². The van der Waals surface area contributed by atoms with Gasteiger partial charge < -0.3 is 9.47 Å². The largest absolute Gasteiger partial charge is 0.476 e. The molecule has 0 radical (unpaired) electrons. The first kappa shape index (κ1) is 18.4. The average Bonchev–Trinajstić information content (AvgIpc) is 2.91. The third kappa shape index (κ3) is 2.73. The molecule has 1 aliphatic rings. The molecule has 0 bridgehead atoms. The molecular weight excluding hydrogens is 366 g/mol. The number of fused-ring (bicyclic) bond motifs is 5. The van der Waals surface area contributed by atoms with Crippen LogP contribution in [0.5, 0.6) is 5.75 Å². The van der Waals surface area contributed by atoms with Gasteiger partial charge in [-0.25, -0.2) is 18.6 Å². The second kappa shape index (κ2) is 5.77. The van der Waals surface area contributed by atoms with Crippen molar-refractivity contribution >= 4 is 17.0 Å². The van der Waals surface area contributed by atoms with Crippen LogP contribution in [0.3, 0.4) is 0 Å². The molecule has 0 saturated heterocycles. The number of benzene rings is 1. The first-order chi connectivity index (χ1) is 13.0. The second-order valence-electron chi connectivity index (χ2n) is 8.28. The summed E-state index contributed by atoms with van der Waals surface area (Å²) < 4.78 is 41.5. The summed E-state index contributed by atoms with van der Waals surface area (Å²) in [4.78, 5) is 17.4. The monoisotopic (exact) mass is 386 g/mol. The van der Waals surface area contributed by atoms with Gasteiger partial charge in [-0.2, -0.15) is 0 Å². The van der Waals surface area contributed by atoms with Crippen molar-refractivity contribution in [2.75, 3.05) is 0 Å². The minimum Gasteiger partial charge on any atom is -0.476 e. The zero-order valence-electron chi connectivity index (χ0n) is 16.3. The van der Waals surface area contributed by atoms with Crippen LogP contribution in [-0.2, 0) is 10.3 Å². The number of carbonyl (C=O) groups excluding carboxylic acids is 1. The van der Waals surface area contributed by atoms with Crippen LogP contribution in [0.1, 0.15) is 50.7 Å². The number of ether oxygens (including phenoxy) is 2.